The van der Waals surface area contributed by atoms with E-state index in [4.69, 9.17) is 9.47 Å². The molecule has 1 saturated heterocycles. The lowest BCUT2D eigenvalue weighted by molar-refractivity contribution is -0.131. The smallest absolute Gasteiger partial charge is 0.231 e. The molecule has 164 valence electrons. The van der Waals surface area contributed by atoms with Crippen LogP contribution in [0.2, 0.25) is 0 Å². The number of ether oxygens (including phenoxy) is 2. The number of benzene rings is 2. The van der Waals surface area contributed by atoms with Gasteiger partial charge in [0.1, 0.15) is 0 Å². The van der Waals surface area contributed by atoms with E-state index in [0.29, 0.717) is 6.42 Å². The molecule has 2 aliphatic rings. The first-order chi connectivity index (χ1) is 15.8. The van der Waals surface area contributed by atoms with Crippen molar-refractivity contribution < 1.29 is 14.3 Å². The largest absolute Gasteiger partial charge is 0.454 e. The van der Waals surface area contributed by atoms with Gasteiger partial charge in [-0.05, 0) is 48.7 Å². The molecule has 3 heterocycles. The summed E-state index contributed by atoms with van der Waals surface area (Å²) >= 11 is 0. The fraction of sp³-hybridized carbons (Fsp3) is 0.320. The second kappa shape index (κ2) is 9.26. The van der Waals surface area contributed by atoms with Gasteiger partial charge in [0.05, 0.1) is 5.69 Å². The van der Waals surface area contributed by atoms with E-state index in [1.807, 2.05) is 53.4 Å². The van der Waals surface area contributed by atoms with Crippen molar-refractivity contribution in [3.8, 4) is 22.8 Å². The fourth-order valence-corrected chi connectivity index (χ4v) is 4.14. The van der Waals surface area contributed by atoms with Gasteiger partial charge in [0.15, 0.2) is 17.3 Å². The lowest BCUT2D eigenvalue weighted by Crippen LogP contribution is -2.49. The molecule has 0 atom stereocenters. The van der Waals surface area contributed by atoms with Gasteiger partial charge in [-0.1, -0.05) is 30.3 Å². The summed E-state index contributed by atoms with van der Waals surface area (Å²) in [5, 5.41) is 8.83. The van der Waals surface area contributed by atoms with Gasteiger partial charge in [0.2, 0.25) is 12.7 Å². The van der Waals surface area contributed by atoms with Crippen molar-refractivity contribution in [2.24, 2.45) is 0 Å². The van der Waals surface area contributed by atoms with Gasteiger partial charge in [-0.3, -0.25) is 4.79 Å². The number of anilines is 1. The zero-order valence-electron chi connectivity index (χ0n) is 17.9. The highest BCUT2D eigenvalue weighted by Crippen LogP contribution is 2.35. The van der Waals surface area contributed by atoms with E-state index in [2.05, 4.69) is 27.2 Å². The molecule has 0 N–H and O–H groups in total. The minimum Gasteiger partial charge on any atom is -0.454 e. The molecular weight excluding hydrogens is 404 g/mol. The third-order valence-corrected chi connectivity index (χ3v) is 5.97. The first kappa shape index (κ1) is 20.3. The number of carbonyl (C=O) groups is 1. The quantitative estimate of drug-likeness (QED) is 0.596. The molecule has 0 radical (unpaired) electrons. The maximum Gasteiger partial charge on any atom is 0.231 e. The number of aromatic nitrogens is 2. The molecule has 0 spiro atoms. The molecule has 2 aromatic carbocycles. The summed E-state index contributed by atoms with van der Waals surface area (Å²) in [5.41, 5.74) is 3.02. The van der Waals surface area contributed by atoms with Gasteiger partial charge in [0.25, 0.3) is 0 Å². The number of hydrogen-bond donors (Lipinski definition) is 0. The number of fused-ring (bicyclic) bond motifs is 1. The number of aryl methyl sites for hydroxylation is 1. The number of carbonyl (C=O) groups excluding carboxylic acids is 1. The van der Waals surface area contributed by atoms with E-state index >= 15 is 0 Å². The van der Waals surface area contributed by atoms with Crippen LogP contribution >= 0.6 is 0 Å². The normalized spacial score (nSPS) is 15.1. The zero-order chi connectivity index (χ0) is 21.8. The van der Waals surface area contributed by atoms with Crippen molar-refractivity contribution in [1.29, 1.82) is 0 Å². The number of piperazine rings is 1. The van der Waals surface area contributed by atoms with Crippen molar-refractivity contribution >= 4 is 11.7 Å². The van der Waals surface area contributed by atoms with E-state index in [1.165, 1.54) is 5.56 Å². The summed E-state index contributed by atoms with van der Waals surface area (Å²) < 4.78 is 10.8. The molecule has 7 nitrogen and oxygen atoms in total. The Labute approximate surface area is 187 Å². The third-order valence-electron chi connectivity index (χ3n) is 5.97. The van der Waals surface area contributed by atoms with E-state index in [-0.39, 0.29) is 12.7 Å². The zero-order valence-corrected chi connectivity index (χ0v) is 17.9. The van der Waals surface area contributed by atoms with Crippen LogP contribution in [0.25, 0.3) is 11.3 Å². The van der Waals surface area contributed by atoms with Gasteiger partial charge in [0, 0.05) is 38.2 Å². The van der Waals surface area contributed by atoms with E-state index < -0.39 is 0 Å². The fourth-order valence-electron chi connectivity index (χ4n) is 4.14. The minimum absolute atomic E-state index is 0.241. The predicted octanol–water partition coefficient (Wildman–Crippen LogP) is 3.54. The van der Waals surface area contributed by atoms with Gasteiger partial charge >= 0.3 is 0 Å². The molecule has 0 unspecified atom stereocenters. The monoisotopic (exact) mass is 430 g/mol. The van der Waals surface area contributed by atoms with Gasteiger partial charge in [-0.25, -0.2) is 0 Å². The van der Waals surface area contributed by atoms with Crippen molar-refractivity contribution in [2.75, 3.05) is 37.9 Å². The molecule has 2 aliphatic heterocycles. The van der Waals surface area contributed by atoms with Crippen molar-refractivity contribution in [3.05, 3.63) is 66.2 Å². The average Bonchev–Trinajstić information content (AvgIpc) is 3.33. The maximum atomic E-state index is 12.6. The molecule has 7 heteroatoms. The molecule has 1 aromatic heterocycles. The molecule has 1 amide bonds. The molecule has 1 fully saturated rings. The van der Waals surface area contributed by atoms with Gasteiger partial charge in [-0.15, -0.1) is 10.2 Å². The summed E-state index contributed by atoms with van der Waals surface area (Å²) in [6, 6.07) is 20.1. The maximum absolute atomic E-state index is 12.6. The number of hydrogen-bond acceptors (Lipinski definition) is 6. The SMILES string of the molecule is O=C(CCCc1ccccc1)N1CCN(c2ccc(-c3ccc4c(c3)OCO4)nn2)CC1. The van der Waals surface area contributed by atoms with Gasteiger partial charge in [-0.2, -0.15) is 0 Å². The van der Waals surface area contributed by atoms with E-state index in [9.17, 15) is 4.79 Å². The Morgan fingerprint density at radius 3 is 2.47 bits per heavy atom. The van der Waals surface area contributed by atoms with Crippen LogP contribution in [-0.2, 0) is 11.2 Å². The van der Waals surface area contributed by atoms with Crippen molar-refractivity contribution in [3.63, 3.8) is 0 Å². The van der Waals surface area contributed by atoms with Crippen LogP contribution in [0, 0.1) is 0 Å². The average molecular weight is 431 g/mol. The number of rotatable bonds is 6. The summed E-state index contributed by atoms with van der Waals surface area (Å²) in [4.78, 5) is 16.7. The van der Waals surface area contributed by atoms with Gasteiger partial charge < -0.3 is 19.3 Å². The van der Waals surface area contributed by atoms with Crippen LogP contribution < -0.4 is 14.4 Å². The van der Waals surface area contributed by atoms with Crippen LogP contribution in [0.15, 0.2) is 60.7 Å². The molecule has 0 saturated carbocycles. The topological polar surface area (TPSA) is 67.8 Å². The van der Waals surface area contributed by atoms with Crippen LogP contribution in [-0.4, -0.2) is 54.0 Å². The summed E-state index contributed by atoms with van der Waals surface area (Å²) in [7, 11) is 0. The highest BCUT2D eigenvalue weighted by atomic mass is 16.7. The third kappa shape index (κ3) is 4.51. The number of amides is 1. The predicted molar refractivity (Wildman–Crippen MR) is 122 cm³/mol. The Kier molecular flexibility index (Phi) is 5.87. The van der Waals surface area contributed by atoms with Crippen LogP contribution in [0.3, 0.4) is 0 Å². The highest BCUT2D eigenvalue weighted by Gasteiger charge is 2.22. The Balaban J connectivity index is 1.12. The first-order valence-corrected chi connectivity index (χ1v) is 11.1. The minimum atomic E-state index is 0.241. The molecular formula is C25H26N4O3. The van der Waals surface area contributed by atoms with Crippen LogP contribution in [0.5, 0.6) is 11.5 Å². The van der Waals surface area contributed by atoms with Crippen LogP contribution in [0.4, 0.5) is 5.82 Å². The molecule has 3 aromatic rings. The van der Waals surface area contributed by atoms with E-state index in [0.717, 1.165) is 67.6 Å². The Morgan fingerprint density at radius 2 is 1.69 bits per heavy atom. The standard InChI is InChI=1S/C25H26N4O3/c30-25(8-4-7-19-5-2-1-3-6-19)29-15-13-28(14-16-29)24-12-10-21(26-27-24)20-9-11-22-23(17-20)32-18-31-22/h1-3,5-6,9-12,17H,4,7-8,13-16,18H2. The molecule has 32 heavy (non-hydrogen) atoms. The Morgan fingerprint density at radius 1 is 0.875 bits per heavy atom. The molecule has 0 bridgehead atoms. The summed E-state index contributed by atoms with van der Waals surface area (Å²) in [5.74, 6) is 2.57. The van der Waals surface area contributed by atoms with E-state index in [1.54, 1.807) is 0 Å². The Bertz CT molecular complexity index is 1060. The Hall–Kier alpha value is -3.61. The number of nitrogens with zero attached hydrogens (tertiary/aromatic N) is 4. The lowest BCUT2D eigenvalue weighted by atomic mass is 10.1. The second-order valence-electron chi connectivity index (χ2n) is 8.05. The lowest BCUT2D eigenvalue weighted by Gasteiger charge is -2.35. The first-order valence-electron chi connectivity index (χ1n) is 11.1. The highest BCUT2D eigenvalue weighted by molar-refractivity contribution is 5.76. The summed E-state index contributed by atoms with van der Waals surface area (Å²) in [6.07, 6.45) is 2.42. The second-order valence-corrected chi connectivity index (χ2v) is 8.05. The molecule has 0 aliphatic carbocycles. The van der Waals surface area contributed by atoms with Crippen molar-refractivity contribution in [1.82, 2.24) is 15.1 Å². The van der Waals surface area contributed by atoms with Crippen LogP contribution in [0.1, 0.15) is 18.4 Å². The molecule has 5 rings (SSSR count). The summed E-state index contributed by atoms with van der Waals surface area (Å²) in [6.45, 7) is 3.22. The van der Waals surface area contributed by atoms with Crippen molar-refractivity contribution in [2.45, 2.75) is 19.3 Å².